The van der Waals surface area contributed by atoms with Crippen LogP contribution in [0.2, 0.25) is 0 Å². The molecular weight excluding hydrogens is 511 g/mol. The highest BCUT2D eigenvalue weighted by Gasteiger charge is 2.21. The number of guanidine groups is 1. The van der Waals surface area contributed by atoms with Crippen LogP contribution < -0.4 is 31.6 Å². The fourth-order valence-corrected chi connectivity index (χ4v) is 3.73. The van der Waals surface area contributed by atoms with Gasteiger partial charge in [0.1, 0.15) is 11.9 Å². The zero-order chi connectivity index (χ0) is 28.5. The van der Waals surface area contributed by atoms with Crippen molar-refractivity contribution in [2.24, 2.45) is 16.6 Å². The van der Waals surface area contributed by atoms with Crippen molar-refractivity contribution in [1.82, 2.24) is 20.8 Å². The first kappa shape index (κ1) is 28.9. The quantitative estimate of drug-likeness (QED) is 0.210. The average Bonchev–Trinajstić information content (AvgIpc) is 3.32. The number of aliphatic imine (C=N–C) groups is 1. The zero-order valence-corrected chi connectivity index (χ0v) is 22.0. The van der Waals surface area contributed by atoms with E-state index >= 15 is 0 Å². The number of rotatable bonds is 11. The minimum atomic E-state index is -0.879. The number of hydrogen-bond acceptors (Lipinski definition) is 8. The minimum absolute atomic E-state index is 0.000636. The summed E-state index contributed by atoms with van der Waals surface area (Å²) in [4.78, 5) is 40.9. The van der Waals surface area contributed by atoms with Crippen LogP contribution in [-0.2, 0) is 22.6 Å². The number of nitrogens with two attached hydrogens (primary N) is 1. The van der Waals surface area contributed by atoms with Gasteiger partial charge in [-0.1, -0.05) is 26.0 Å². The number of H-pyrrole nitrogens is 1. The molecule has 1 atom stereocenters. The van der Waals surface area contributed by atoms with Gasteiger partial charge >= 0.3 is 5.76 Å². The molecule has 2 amide bonds. The normalized spacial score (nSPS) is 12.2. The minimum Gasteiger partial charge on any atom is -0.493 e. The SMILES string of the molecule is COc1ccc(CC(=O)NC(N)=NC(CC(C)C)C(=O)NCc2ccc(F)c(-c3n[nH]c(=O)o3)c2)cc1OC. The van der Waals surface area contributed by atoms with Gasteiger partial charge in [-0.15, -0.1) is 5.10 Å². The van der Waals surface area contributed by atoms with Crippen LogP contribution in [0, 0.1) is 11.7 Å². The van der Waals surface area contributed by atoms with Gasteiger partial charge < -0.3 is 24.9 Å². The van der Waals surface area contributed by atoms with Crippen molar-refractivity contribution in [3.05, 3.63) is 63.9 Å². The molecule has 0 aliphatic heterocycles. The molecule has 3 aromatic rings. The van der Waals surface area contributed by atoms with Crippen molar-refractivity contribution in [3.8, 4) is 23.0 Å². The summed E-state index contributed by atoms with van der Waals surface area (Å²) in [5.74, 6) is -1.59. The molecule has 0 fully saturated rings. The summed E-state index contributed by atoms with van der Waals surface area (Å²) in [6.45, 7) is 3.88. The number of nitrogens with zero attached hydrogens (tertiary/aromatic N) is 2. The van der Waals surface area contributed by atoms with E-state index in [4.69, 9.17) is 19.6 Å². The van der Waals surface area contributed by atoms with Crippen LogP contribution in [0.4, 0.5) is 4.39 Å². The standard InChI is InChI=1S/C26H31FN6O6/c1-14(2)9-19(30-25(28)31-22(34)12-15-6-8-20(37-3)21(11-15)38-4)23(35)29-13-16-5-7-18(27)17(10-16)24-32-33-26(36)39-24/h5-8,10-11,14,19H,9,12-13H2,1-4H3,(H,29,35)(H,33,36)(H3,28,30,31,34). The number of nitrogens with one attached hydrogen (secondary N) is 3. The zero-order valence-electron chi connectivity index (χ0n) is 22.0. The molecule has 13 heteroatoms. The number of ether oxygens (including phenoxy) is 2. The summed E-state index contributed by atoms with van der Waals surface area (Å²) < 4.78 is 29.5. The summed E-state index contributed by atoms with van der Waals surface area (Å²) >= 11 is 0. The lowest BCUT2D eigenvalue weighted by molar-refractivity contribution is -0.123. The van der Waals surface area contributed by atoms with Gasteiger partial charge in [0.25, 0.3) is 5.89 Å². The lowest BCUT2D eigenvalue weighted by atomic mass is 10.0. The number of halogens is 1. The van der Waals surface area contributed by atoms with E-state index < -0.39 is 29.4 Å². The van der Waals surface area contributed by atoms with E-state index in [0.717, 1.165) is 0 Å². The van der Waals surface area contributed by atoms with Crippen LogP contribution in [0.3, 0.4) is 0 Å². The van der Waals surface area contributed by atoms with Gasteiger partial charge in [0.05, 0.1) is 26.2 Å². The summed E-state index contributed by atoms with van der Waals surface area (Å²) in [5, 5.41) is 11.0. The molecule has 1 unspecified atom stereocenters. The highest BCUT2D eigenvalue weighted by atomic mass is 19.1. The summed E-state index contributed by atoms with van der Waals surface area (Å²) in [7, 11) is 3.02. The van der Waals surface area contributed by atoms with Crippen LogP contribution in [0.1, 0.15) is 31.4 Å². The second-order valence-corrected chi connectivity index (χ2v) is 9.02. The Morgan fingerprint density at radius 2 is 1.85 bits per heavy atom. The number of benzene rings is 2. The maximum Gasteiger partial charge on any atom is 0.434 e. The Labute approximate surface area is 223 Å². The predicted molar refractivity (Wildman–Crippen MR) is 141 cm³/mol. The second kappa shape index (κ2) is 13.2. The Bertz CT molecular complexity index is 1400. The fourth-order valence-electron chi connectivity index (χ4n) is 3.73. The third-order valence-corrected chi connectivity index (χ3v) is 5.54. The number of carbonyl (C=O) groups is 2. The van der Waals surface area contributed by atoms with E-state index in [0.29, 0.717) is 29.0 Å². The lowest BCUT2D eigenvalue weighted by Crippen LogP contribution is -2.41. The highest BCUT2D eigenvalue weighted by molar-refractivity contribution is 5.98. The molecule has 0 spiro atoms. The van der Waals surface area contributed by atoms with Gasteiger partial charge in [0.15, 0.2) is 17.5 Å². The van der Waals surface area contributed by atoms with Crippen LogP contribution in [0.25, 0.3) is 11.5 Å². The van der Waals surface area contributed by atoms with Gasteiger partial charge in [-0.2, -0.15) is 0 Å². The molecule has 12 nitrogen and oxygen atoms in total. The van der Waals surface area contributed by atoms with Crippen molar-refractivity contribution >= 4 is 17.8 Å². The molecule has 0 bridgehead atoms. The van der Waals surface area contributed by atoms with Crippen LogP contribution in [-0.4, -0.2) is 48.2 Å². The topological polar surface area (TPSA) is 174 Å². The van der Waals surface area contributed by atoms with Crippen molar-refractivity contribution in [2.45, 2.75) is 39.3 Å². The fraction of sp³-hybridized carbons (Fsp3) is 0.346. The first-order valence-corrected chi connectivity index (χ1v) is 12.1. The number of amides is 2. The average molecular weight is 543 g/mol. The Hall–Kier alpha value is -4.68. The number of aromatic amines is 1. The lowest BCUT2D eigenvalue weighted by Gasteiger charge is -2.16. The van der Waals surface area contributed by atoms with E-state index in [1.807, 2.05) is 13.8 Å². The first-order valence-electron chi connectivity index (χ1n) is 12.1. The summed E-state index contributed by atoms with van der Waals surface area (Å²) in [5.41, 5.74) is 7.14. The van der Waals surface area contributed by atoms with Crippen molar-refractivity contribution in [1.29, 1.82) is 0 Å². The molecule has 0 saturated heterocycles. The monoisotopic (exact) mass is 542 g/mol. The van der Waals surface area contributed by atoms with E-state index in [1.165, 1.54) is 32.4 Å². The predicted octanol–water partition coefficient (Wildman–Crippen LogP) is 1.89. The van der Waals surface area contributed by atoms with Gasteiger partial charge in [0.2, 0.25) is 11.8 Å². The number of carbonyl (C=O) groups excluding carboxylic acids is 2. The smallest absolute Gasteiger partial charge is 0.434 e. The molecule has 39 heavy (non-hydrogen) atoms. The maximum atomic E-state index is 14.2. The largest absolute Gasteiger partial charge is 0.493 e. The molecular formula is C26H31FN6O6. The molecule has 0 aliphatic carbocycles. The van der Waals surface area contributed by atoms with E-state index in [1.54, 1.807) is 18.2 Å². The Balaban J connectivity index is 1.65. The molecule has 2 aromatic carbocycles. The number of hydrogen-bond donors (Lipinski definition) is 4. The summed E-state index contributed by atoms with van der Waals surface area (Å²) in [6, 6.07) is 8.30. The van der Waals surface area contributed by atoms with Gasteiger partial charge in [0, 0.05) is 6.54 Å². The second-order valence-electron chi connectivity index (χ2n) is 9.02. The number of methoxy groups -OCH3 is 2. The van der Waals surface area contributed by atoms with Gasteiger partial charge in [-0.3, -0.25) is 14.9 Å². The number of aromatic nitrogens is 2. The molecule has 208 valence electrons. The molecule has 0 radical (unpaired) electrons. The third kappa shape index (κ3) is 8.15. The first-order chi connectivity index (χ1) is 18.6. The molecule has 1 heterocycles. The molecule has 3 rings (SSSR count). The van der Waals surface area contributed by atoms with Gasteiger partial charge in [-0.05, 0) is 47.7 Å². The van der Waals surface area contributed by atoms with Crippen molar-refractivity contribution in [2.75, 3.05) is 14.2 Å². The van der Waals surface area contributed by atoms with E-state index in [-0.39, 0.29) is 36.3 Å². The van der Waals surface area contributed by atoms with E-state index in [9.17, 15) is 18.8 Å². The van der Waals surface area contributed by atoms with Gasteiger partial charge in [-0.25, -0.2) is 19.3 Å². The third-order valence-electron chi connectivity index (χ3n) is 5.54. The Kier molecular flexibility index (Phi) is 9.79. The summed E-state index contributed by atoms with van der Waals surface area (Å²) in [6.07, 6.45) is 0.367. The molecule has 1 aromatic heterocycles. The van der Waals surface area contributed by atoms with Crippen molar-refractivity contribution < 1.29 is 27.9 Å². The maximum absolute atomic E-state index is 14.2. The highest BCUT2D eigenvalue weighted by Crippen LogP contribution is 2.27. The van der Waals surface area contributed by atoms with Crippen LogP contribution in [0.5, 0.6) is 11.5 Å². The molecule has 5 N–H and O–H groups in total. The molecule has 0 aliphatic rings. The van der Waals surface area contributed by atoms with Crippen LogP contribution >= 0.6 is 0 Å². The van der Waals surface area contributed by atoms with Crippen LogP contribution in [0.15, 0.2) is 50.6 Å². The Morgan fingerprint density at radius 1 is 1.13 bits per heavy atom. The molecule has 0 saturated carbocycles. The Morgan fingerprint density at radius 3 is 2.49 bits per heavy atom. The van der Waals surface area contributed by atoms with Crippen molar-refractivity contribution in [3.63, 3.8) is 0 Å². The van der Waals surface area contributed by atoms with E-state index in [2.05, 4.69) is 25.8 Å².